The summed E-state index contributed by atoms with van der Waals surface area (Å²) in [6.07, 6.45) is 10.2. The Bertz CT molecular complexity index is 861. The first-order valence-corrected chi connectivity index (χ1v) is 9.24. The van der Waals surface area contributed by atoms with Gasteiger partial charge in [0.1, 0.15) is 11.2 Å². The highest BCUT2D eigenvalue weighted by molar-refractivity contribution is 5.89. The lowest BCUT2D eigenvalue weighted by Crippen LogP contribution is -2.02. The average Bonchev–Trinajstić information content (AvgIpc) is 2.61. The number of para-hydroxylation sites is 1. The van der Waals surface area contributed by atoms with Crippen LogP contribution >= 0.6 is 0 Å². The number of rotatable bonds is 8. The molecule has 1 aromatic heterocycles. The lowest BCUT2D eigenvalue weighted by molar-refractivity contribution is 0.589. The van der Waals surface area contributed by atoms with Crippen molar-refractivity contribution in [3.05, 3.63) is 58.3 Å². The van der Waals surface area contributed by atoms with Crippen molar-refractivity contribution < 1.29 is 4.42 Å². The van der Waals surface area contributed by atoms with Gasteiger partial charge >= 0.3 is 0 Å². The van der Waals surface area contributed by atoms with Crippen molar-refractivity contribution in [3.63, 3.8) is 0 Å². The second-order valence-corrected chi connectivity index (χ2v) is 6.63. The fourth-order valence-electron chi connectivity index (χ4n) is 3.29. The lowest BCUT2D eigenvalue weighted by Gasteiger charge is -2.05. The van der Waals surface area contributed by atoms with Crippen molar-refractivity contribution in [2.45, 2.75) is 58.3 Å². The van der Waals surface area contributed by atoms with Gasteiger partial charge < -0.3 is 4.42 Å². The molecule has 2 nitrogen and oxygen atoms in total. The zero-order valence-corrected chi connectivity index (χ0v) is 14.5. The van der Waals surface area contributed by atoms with Gasteiger partial charge in [-0.15, -0.1) is 0 Å². The van der Waals surface area contributed by atoms with Gasteiger partial charge in [-0.05, 0) is 42.7 Å². The molecule has 0 saturated heterocycles. The quantitative estimate of drug-likeness (QED) is 0.363. The molecule has 0 saturated carbocycles. The van der Waals surface area contributed by atoms with Crippen molar-refractivity contribution in [2.75, 3.05) is 0 Å². The van der Waals surface area contributed by atoms with Crippen molar-refractivity contribution >= 4 is 21.9 Å². The molecule has 126 valence electrons. The van der Waals surface area contributed by atoms with Crippen LogP contribution in [0.1, 0.15) is 57.4 Å². The molecular weight excluding hydrogens is 296 g/mol. The van der Waals surface area contributed by atoms with Gasteiger partial charge in [-0.3, -0.25) is 4.79 Å². The van der Waals surface area contributed by atoms with E-state index >= 15 is 0 Å². The monoisotopic (exact) mass is 322 g/mol. The van der Waals surface area contributed by atoms with Crippen LogP contribution in [0.3, 0.4) is 0 Å². The van der Waals surface area contributed by atoms with Gasteiger partial charge in [0.15, 0.2) is 0 Å². The smallest absolute Gasteiger partial charge is 0.200 e. The van der Waals surface area contributed by atoms with E-state index < -0.39 is 0 Å². The first kappa shape index (κ1) is 16.8. The van der Waals surface area contributed by atoms with E-state index in [0.717, 1.165) is 6.42 Å². The number of hydrogen-bond acceptors (Lipinski definition) is 2. The third-order valence-corrected chi connectivity index (χ3v) is 4.71. The number of aryl methyl sites for hydroxylation is 1. The summed E-state index contributed by atoms with van der Waals surface area (Å²) >= 11 is 0. The largest absolute Gasteiger partial charge is 0.456 e. The topological polar surface area (TPSA) is 30.2 Å². The van der Waals surface area contributed by atoms with Gasteiger partial charge in [0.05, 0.1) is 10.8 Å². The molecule has 0 atom stereocenters. The predicted molar refractivity (Wildman–Crippen MR) is 102 cm³/mol. The van der Waals surface area contributed by atoms with E-state index in [9.17, 15) is 4.79 Å². The standard InChI is InChI=1S/C22H26O2/c1-2-3-4-5-6-7-8-11-17-14-15-21-19(16-17)22(23)18-12-9-10-13-20(18)24-21/h9-10,12-16H,2-8,11H2,1H3. The molecule has 0 radical (unpaired) electrons. The Morgan fingerprint density at radius 1 is 0.792 bits per heavy atom. The third-order valence-electron chi connectivity index (χ3n) is 4.71. The van der Waals surface area contributed by atoms with E-state index in [-0.39, 0.29) is 5.43 Å². The predicted octanol–water partition coefficient (Wildman–Crippen LogP) is 6.24. The number of fused-ring (bicyclic) bond motifs is 2. The fourth-order valence-corrected chi connectivity index (χ4v) is 3.29. The van der Waals surface area contributed by atoms with Crippen LogP contribution in [-0.4, -0.2) is 0 Å². The van der Waals surface area contributed by atoms with Crippen LogP contribution in [0.15, 0.2) is 51.7 Å². The fraction of sp³-hybridized carbons (Fsp3) is 0.409. The Morgan fingerprint density at radius 2 is 1.50 bits per heavy atom. The minimum Gasteiger partial charge on any atom is -0.456 e. The van der Waals surface area contributed by atoms with Crippen LogP contribution in [0.5, 0.6) is 0 Å². The molecule has 24 heavy (non-hydrogen) atoms. The van der Waals surface area contributed by atoms with Gasteiger partial charge in [-0.2, -0.15) is 0 Å². The van der Waals surface area contributed by atoms with Crippen LogP contribution in [0.25, 0.3) is 21.9 Å². The summed E-state index contributed by atoms with van der Waals surface area (Å²) in [5.74, 6) is 0. The van der Waals surface area contributed by atoms with Crippen LogP contribution in [0, 0.1) is 0 Å². The van der Waals surface area contributed by atoms with E-state index in [4.69, 9.17) is 4.42 Å². The minimum absolute atomic E-state index is 0.0771. The Labute approximate surface area is 143 Å². The van der Waals surface area contributed by atoms with Crippen molar-refractivity contribution in [2.24, 2.45) is 0 Å². The molecular formula is C22H26O2. The van der Waals surface area contributed by atoms with Gasteiger partial charge in [-0.25, -0.2) is 0 Å². The SMILES string of the molecule is CCCCCCCCCc1ccc2oc3ccccc3c(=O)c2c1. The molecule has 3 aromatic rings. The summed E-state index contributed by atoms with van der Waals surface area (Å²) in [5, 5.41) is 1.37. The van der Waals surface area contributed by atoms with E-state index in [0.29, 0.717) is 21.9 Å². The molecule has 0 N–H and O–H groups in total. The molecule has 2 aromatic carbocycles. The van der Waals surface area contributed by atoms with Gasteiger partial charge in [0.2, 0.25) is 5.43 Å². The zero-order chi connectivity index (χ0) is 16.8. The molecule has 2 heteroatoms. The van der Waals surface area contributed by atoms with E-state index in [1.165, 1.54) is 50.5 Å². The van der Waals surface area contributed by atoms with E-state index in [2.05, 4.69) is 13.0 Å². The zero-order valence-electron chi connectivity index (χ0n) is 14.5. The van der Waals surface area contributed by atoms with Crippen LogP contribution in [-0.2, 0) is 6.42 Å². The molecule has 1 heterocycles. The summed E-state index contributed by atoms with van der Waals surface area (Å²) < 4.78 is 5.86. The van der Waals surface area contributed by atoms with Crippen molar-refractivity contribution in [1.82, 2.24) is 0 Å². The number of unbranched alkanes of at least 4 members (excludes halogenated alkanes) is 6. The number of hydrogen-bond donors (Lipinski definition) is 0. The summed E-state index contributed by atoms with van der Waals surface area (Å²) in [4.78, 5) is 12.7. The first-order chi connectivity index (χ1) is 11.8. The minimum atomic E-state index is 0.0771. The molecule has 0 aliphatic carbocycles. The van der Waals surface area contributed by atoms with Crippen molar-refractivity contribution in [3.8, 4) is 0 Å². The molecule has 3 rings (SSSR count). The Morgan fingerprint density at radius 3 is 2.33 bits per heavy atom. The van der Waals surface area contributed by atoms with Crippen LogP contribution < -0.4 is 5.43 Å². The molecule has 0 unspecified atom stereocenters. The van der Waals surface area contributed by atoms with Crippen molar-refractivity contribution in [1.29, 1.82) is 0 Å². The second-order valence-electron chi connectivity index (χ2n) is 6.63. The molecule has 0 amide bonds. The summed E-state index contributed by atoms with van der Waals surface area (Å²) in [5.41, 5.74) is 2.66. The van der Waals surface area contributed by atoms with Gasteiger partial charge in [0, 0.05) is 0 Å². The highest BCUT2D eigenvalue weighted by atomic mass is 16.3. The number of benzene rings is 2. The second kappa shape index (κ2) is 8.14. The Balaban J connectivity index is 1.68. The summed E-state index contributed by atoms with van der Waals surface area (Å²) in [7, 11) is 0. The van der Waals surface area contributed by atoms with E-state index in [1.54, 1.807) is 0 Å². The molecule has 0 aliphatic rings. The summed E-state index contributed by atoms with van der Waals surface area (Å²) in [6.45, 7) is 2.25. The van der Waals surface area contributed by atoms with Crippen LogP contribution in [0.2, 0.25) is 0 Å². The van der Waals surface area contributed by atoms with Gasteiger partial charge in [-0.1, -0.05) is 63.6 Å². The maximum absolute atomic E-state index is 12.7. The third kappa shape index (κ3) is 3.87. The molecule has 0 spiro atoms. The Kier molecular flexibility index (Phi) is 5.68. The van der Waals surface area contributed by atoms with Crippen LogP contribution in [0.4, 0.5) is 0 Å². The Hall–Kier alpha value is -2.09. The van der Waals surface area contributed by atoms with E-state index in [1.807, 2.05) is 36.4 Å². The highest BCUT2D eigenvalue weighted by Gasteiger charge is 2.07. The molecule has 0 fully saturated rings. The maximum Gasteiger partial charge on any atom is 0.200 e. The van der Waals surface area contributed by atoms with Gasteiger partial charge in [0.25, 0.3) is 0 Å². The molecule has 0 bridgehead atoms. The normalized spacial score (nSPS) is 11.4. The lowest BCUT2D eigenvalue weighted by atomic mass is 10.0. The maximum atomic E-state index is 12.7. The highest BCUT2D eigenvalue weighted by Crippen LogP contribution is 2.20. The average molecular weight is 322 g/mol. The molecule has 0 aliphatic heterocycles. The first-order valence-electron chi connectivity index (χ1n) is 9.24. The summed E-state index contributed by atoms with van der Waals surface area (Å²) in [6, 6.07) is 13.5.